The summed E-state index contributed by atoms with van der Waals surface area (Å²) in [5.74, 6) is 1.62. The van der Waals surface area contributed by atoms with Crippen LogP contribution < -0.4 is 9.47 Å². The maximum atomic E-state index is 5.21. The molecule has 23 heavy (non-hydrogen) atoms. The van der Waals surface area contributed by atoms with Gasteiger partial charge in [-0.25, -0.2) is 0 Å². The topological polar surface area (TPSA) is 47.5 Å². The molecule has 0 saturated carbocycles. The van der Waals surface area contributed by atoms with E-state index in [9.17, 15) is 0 Å². The number of rotatable bonds is 5. The molecular formula is C18H23N3O2. The SMILES string of the molecule is COc1cc(OC)nc(-c2ccc([C@H](C)N3CCCC3)cc2)n1. The third kappa shape index (κ3) is 3.45. The highest BCUT2D eigenvalue weighted by Crippen LogP contribution is 2.27. The van der Waals surface area contributed by atoms with Gasteiger partial charge < -0.3 is 9.47 Å². The fourth-order valence-electron chi connectivity index (χ4n) is 2.99. The van der Waals surface area contributed by atoms with Crippen LogP contribution in [0.3, 0.4) is 0 Å². The summed E-state index contributed by atoms with van der Waals surface area (Å²) < 4.78 is 10.4. The number of ether oxygens (including phenoxy) is 2. The number of likely N-dealkylation sites (tertiary alicyclic amines) is 1. The van der Waals surface area contributed by atoms with Crippen LogP contribution in [0.25, 0.3) is 11.4 Å². The van der Waals surface area contributed by atoms with Crippen molar-refractivity contribution in [2.24, 2.45) is 0 Å². The van der Waals surface area contributed by atoms with Crippen LogP contribution in [0.15, 0.2) is 30.3 Å². The Morgan fingerprint density at radius 3 is 2.04 bits per heavy atom. The van der Waals surface area contributed by atoms with Gasteiger partial charge in [-0.1, -0.05) is 24.3 Å². The van der Waals surface area contributed by atoms with Crippen LogP contribution in [0.5, 0.6) is 11.8 Å². The van der Waals surface area contributed by atoms with Crippen LogP contribution in [0, 0.1) is 0 Å². The zero-order valence-corrected chi connectivity index (χ0v) is 14.0. The molecule has 0 bridgehead atoms. The van der Waals surface area contributed by atoms with Crippen LogP contribution in [0.1, 0.15) is 31.4 Å². The van der Waals surface area contributed by atoms with Crippen molar-refractivity contribution in [3.8, 4) is 23.1 Å². The summed E-state index contributed by atoms with van der Waals surface area (Å²) in [6.07, 6.45) is 2.61. The van der Waals surface area contributed by atoms with Crippen molar-refractivity contribution in [2.45, 2.75) is 25.8 Å². The summed E-state index contributed by atoms with van der Waals surface area (Å²) in [4.78, 5) is 11.3. The number of hydrogen-bond donors (Lipinski definition) is 0. The lowest BCUT2D eigenvalue weighted by atomic mass is 10.0. The maximum Gasteiger partial charge on any atom is 0.220 e. The largest absolute Gasteiger partial charge is 0.481 e. The van der Waals surface area contributed by atoms with Gasteiger partial charge in [-0.05, 0) is 38.4 Å². The van der Waals surface area contributed by atoms with Crippen LogP contribution in [-0.4, -0.2) is 42.2 Å². The highest BCUT2D eigenvalue weighted by Gasteiger charge is 2.19. The Kier molecular flexibility index (Phi) is 4.76. The van der Waals surface area contributed by atoms with Crippen LogP contribution in [0.4, 0.5) is 0 Å². The molecule has 1 saturated heterocycles. The Labute approximate surface area is 137 Å². The normalized spacial score (nSPS) is 16.3. The Morgan fingerprint density at radius 1 is 0.957 bits per heavy atom. The number of nitrogens with zero attached hydrogens (tertiary/aromatic N) is 3. The molecule has 0 N–H and O–H groups in total. The fourth-order valence-corrected chi connectivity index (χ4v) is 2.99. The molecule has 0 aliphatic carbocycles. The maximum absolute atomic E-state index is 5.21. The zero-order chi connectivity index (χ0) is 16.2. The van der Waals surface area contributed by atoms with Crippen molar-refractivity contribution >= 4 is 0 Å². The number of benzene rings is 1. The second kappa shape index (κ2) is 6.96. The van der Waals surface area contributed by atoms with Crippen LogP contribution >= 0.6 is 0 Å². The van der Waals surface area contributed by atoms with E-state index >= 15 is 0 Å². The molecule has 1 aromatic carbocycles. The summed E-state index contributed by atoms with van der Waals surface area (Å²) in [6, 6.07) is 10.6. The summed E-state index contributed by atoms with van der Waals surface area (Å²) in [5, 5.41) is 0. The van der Waals surface area contributed by atoms with E-state index in [2.05, 4.69) is 46.1 Å². The van der Waals surface area contributed by atoms with Crippen LogP contribution in [0.2, 0.25) is 0 Å². The molecule has 0 amide bonds. The van der Waals surface area contributed by atoms with Crippen molar-refractivity contribution in [2.75, 3.05) is 27.3 Å². The average molecular weight is 313 g/mol. The predicted molar refractivity (Wildman–Crippen MR) is 89.8 cm³/mol. The van der Waals surface area contributed by atoms with Crippen molar-refractivity contribution in [1.29, 1.82) is 0 Å². The molecule has 1 atom stereocenters. The Bertz CT molecular complexity index is 630. The molecule has 1 fully saturated rings. The second-order valence-corrected chi connectivity index (χ2v) is 5.82. The molecule has 5 nitrogen and oxygen atoms in total. The highest BCUT2D eigenvalue weighted by molar-refractivity contribution is 5.56. The molecule has 0 radical (unpaired) electrons. The summed E-state index contributed by atoms with van der Waals surface area (Å²) in [7, 11) is 3.18. The van der Waals surface area contributed by atoms with Gasteiger partial charge >= 0.3 is 0 Å². The Morgan fingerprint density at radius 2 is 1.52 bits per heavy atom. The van der Waals surface area contributed by atoms with E-state index in [1.807, 2.05) is 0 Å². The van der Waals surface area contributed by atoms with E-state index in [-0.39, 0.29) is 0 Å². The van der Waals surface area contributed by atoms with E-state index in [4.69, 9.17) is 9.47 Å². The molecule has 2 heterocycles. The van der Waals surface area contributed by atoms with E-state index in [1.54, 1.807) is 20.3 Å². The molecular weight excluding hydrogens is 290 g/mol. The minimum absolute atomic E-state index is 0.451. The fraction of sp³-hybridized carbons (Fsp3) is 0.444. The standard InChI is InChI=1S/C18H23N3O2/c1-13(21-10-4-5-11-21)14-6-8-15(9-7-14)18-19-16(22-2)12-17(20-18)23-3/h6-9,12-13H,4-5,10-11H2,1-3H3/t13-/m0/s1. The smallest absolute Gasteiger partial charge is 0.220 e. The second-order valence-electron chi connectivity index (χ2n) is 5.82. The molecule has 1 aliphatic heterocycles. The molecule has 5 heteroatoms. The predicted octanol–water partition coefficient (Wildman–Crippen LogP) is 3.32. The lowest BCUT2D eigenvalue weighted by Crippen LogP contribution is -2.23. The van der Waals surface area contributed by atoms with Gasteiger partial charge in [0, 0.05) is 11.6 Å². The van der Waals surface area contributed by atoms with E-state index in [0.717, 1.165) is 5.56 Å². The minimum atomic E-state index is 0.451. The first kappa shape index (κ1) is 15.7. The van der Waals surface area contributed by atoms with Gasteiger partial charge in [0.05, 0.1) is 20.3 Å². The first-order valence-electron chi connectivity index (χ1n) is 8.02. The van der Waals surface area contributed by atoms with Gasteiger partial charge in [-0.3, -0.25) is 4.90 Å². The summed E-state index contributed by atoms with van der Waals surface area (Å²) in [5.41, 5.74) is 2.28. The summed E-state index contributed by atoms with van der Waals surface area (Å²) >= 11 is 0. The summed E-state index contributed by atoms with van der Waals surface area (Å²) in [6.45, 7) is 4.66. The van der Waals surface area contributed by atoms with Gasteiger partial charge in [0.25, 0.3) is 0 Å². The van der Waals surface area contributed by atoms with Gasteiger partial charge in [0.15, 0.2) is 5.82 Å². The van der Waals surface area contributed by atoms with Gasteiger partial charge in [0.1, 0.15) is 0 Å². The van der Waals surface area contributed by atoms with Gasteiger partial charge in [0.2, 0.25) is 11.8 Å². The molecule has 122 valence electrons. The Hall–Kier alpha value is -2.14. The number of aromatic nitrogens is 2. The van der Waals surface area contributed by atoms with E-state index in [1.165, 1.54) is 31.5 Å². The monoisotopic (exact) mass is 313 g/mol. The average Bonchev–Trinajstić information content (AvgIpc) is 3.15. The van der Waals surface area contributed by atoms with E-state index in [0.29, 0.717) is 23.6 Å². The quantitative estimate of drug-likeness (QED) is 0.847. The van der Waals surface area contributed by atoms with Gasteiger partial charge in [-0.2, -0.15) is 9.97 Å². The van der Waals surface area contributed by atoms with Crippen molar-refractivity contribution in [3.05, 3.63) is 35.9 Å². The van der Waals surface area contributed by atoms with Crippen molar-refractivity contribution < 1.29 is 9.47 Å². The molecule has 2 aromatic rings. The molecule has 0 unspecified atom stereocenters. The van der Waals surface area contributed by atoms with Crippen molar-refractivity contribution in [3.63, 3.8) is 0 Å². The minimum Gasteiger partial charge on any atom is -0.481 e. The molecule has 0 spiro atoms. The highest BCUT2D eigenvalue weighted by atomic mass is 16.5. The third-order valence-corrected chi connectivity index (χ3v) is 4.44. The molecule has 1 aromatic heterocycles. The molecule has 3 rings (SSSR count). The first-order valence-corrected chi connectivity index (χ1v) is 8.02. The third-order valence-electron chi connectivity index (χ3n) is 4.44. The van der Waals surface area contributed by atoms with Crippen molar-refractivity contribution in [1.82, 2.24) is 14.9 Å². The lowest BCUT2D eigenvalue weighted by Gasteiger charge is -2.24. The number of methoxy groups -OCH3 is 2. The van der Waals surface area contributed by atoms with E-state index < -0.39 is 0 Å². The Balaban J connectivity index is 1.84. The zero-order valence-electron chi connectivity index (χ0n) is 14.0. The van der Waals surface area contributed by atoms with Gasteiger partial charge in [-0.15, -0.1) is 0 Å². The van der Waals surface area contributed by atoms with Crippen LogP contribution in [-0.2, 0) is 0 Å². The lowest BCUT2D eigenvalue weighted by molar-refractivity contribution is 0.263. The number of hydrogen-bond acceptors (Lipinski definition) is 5. The molecule has 1 aliphatic rings. The first-order chi connectivity index (χ1) is 11.2.